The van der Waals surface area contributed by atoms with Gasteiger partial charge < -0.3 is 16.4 Å². The molecule has 2 aliphatic carbocycles. The Morgan fingerprint density at radius 1 is 0.893 bits per heavy atom. The number of anilines is 1. The van der Waals surface area contributed by atoms with Crippen molar-refractivity contribution >= 4 is 11.6 Å². The van der Waals surface area contributed by atoms with E-state index in [4.69, 9.17) is 5.73 Å². The highest BCUT2D eigenvalue weighted by Gasteiger charge is 2.37. The highest BCUT2D eigenvalue weighted by molar-refractivity contribution is 5.94. The van der Waals surface area contributed by atoms with Crippen LogP contribution in [0.2, 0.25) is 0 Å². The van der Waals surface area contributed by atoms with Crippen molar-refractivity contribution in [3.63, 3.8) is 0 Å². The molecule has 1 aromatic rings. The fraction of sp³-hybridized carbons (Fsp3) is 0.611. The molecule has 0 radical (unpaired) electrons. The van der Waals surface area contributed by atoms with Crippen LogP contribution in [0.3, 0.4) is 0 Å². The quantitative estimate of drug-likeness (QED) is 0.392. The molecule has 4 nitrogen and oxygen atoms in total. The van der Waals surface area contributed by atoms with Gasteiger partial charge in [0.1, 0.15) is 0 Å². The zero-order valence-corrected chi connectivity index (χ0v) is 15.0. The summed E-state index contributed by atoms with van der Waals surface area (Å²) in [7, 11) is 0. The number of hydrogen-bond acceptors (Lipinski definition) is 2. The molecule has 4 N–H and O–H groups in total. The highest BCUT2D eigenvalue weighted by atomic mass is 19.4. The van der Waals surface area contributed by atoms with E-state index in [1.54, 1.807) is 0 Å². The van der Waals surface area contributed by atoms with Crippen LogP contribution >= 0.6 is 0 Å². The van der Waals surface area contributed by atoms with Crippen molar-refractivity contribution in [2.24, 2.45) is 10.7 Å². The van der Waals surface area contributed by atoms with Gasteiger partial charge >= 0.3 is 12.4 Å². The lowest BCUT2D eigenvalue weighted by molar-refractivity contribution is -0.143. The molecule has 2 fully saturated rings. The maximum Gasteiger partial charge on any atom is 0.416 e. The largest absolute Gasteiger partial charge is 0.416 e. The fourth-order valence-corrected chi connectivity index (χ4v) is 3.16. The Morgan fingerprint density at radius 2 is 1.46 bits per heavy atom. The molecule has 0 saturated heterocycles. The maximum atomic E-state index is 13.1. The lowest BCUT2D eigenvalue weighted by Gasteiger charge is -2.26. The first-order valence-electron chi connectivity index (χ1n) is 9.19. The summed E-state index contributed by atoms with van der Waals surface area (Å²) in [5, 5.41) is 5.67. The third-order valence-corrected chi connectivity index (χ3v) is 4.85. The zero-order chi connectivity index (χ0) is 20.5. The summed E-state index contributed by atoms with van der Waals surface area (Å²) in [5.41, 5.74) is 3.01. The molecule has 28 heavy (non-hydrogen) atoms. The molecule has 0 bridgehead atoms. The number of nitrogens with two attached hydrogens (primary N) is 1. The Kier molecular flexibility index (Phi) is 5.79. The maximum absolute atomic E-state index is 13.1. The van der Waals surface area contributed by atoms with Gasteiger partial charge in [0.15, 0.2) is 5.96 Å². The number of nitrogens with zero attached hydrogens (tertiary/aromatic N) is 1. The minimum absolute atomic E-state index is 0.105. The van der Waals surface area contributed by atoms with Gasteiger partial charge in [-0.25, -0.2) is 4.99 Å². The van der Waals surface area contributed by atoms with Crippen LogP contribution in [0.15, 0.2) is 23.2 Å². The molecule has 2 atom stereocenters. The van der Waals surface area contributed by atoms with E-state index in [1.807, 2.05) is 0 Å². The van der Waals surface area contributed by atoms with Crippen molar-refractivity contribution in [1.29, 1.82) is 0 Å². The third kappa shape index (κ3) is 5.52. The zero-order valence-electron chi connectivity index (χ0n) is 15.0. The molecule has 2 aliphatic rings. The fourth-order valence-electron chi connectivity index (χ4n) is 3.16. The van der Waals surface area contributed by atoms with Crippen LogP contribution in [-0.4, -0.2) is 24.1 Å². The normalized spacial score (nSPS) is 24.2. The van der Waals surface area contributed by atoms with Gasteiger partial charge in [-0.2, -0.15) is 26.3 Å². The van der Waals surface area contributed by atoms with Crippen LogP contribution in [0.4, 0.5) is 32.0 Å². The van der Waals surface area contributed by atoms with Gasteiger partial charge in [0, 0.05) is 17.8 Å². The van der Waals surface area contributed by atoms with Gasteiger partial charge in [-0.05, 0) is 43.9 Å². The SMILES string of the molecule is N[C@H]1CCCC[C@@H]1N=C(Nc1cc(C(F)(F)F)cc(C(F)(F)F)c1)NC1CC1. The van der Waals surface area contributed by atoms with E-state index >= 15 is 0 Å². The number of nitrogens with one attached hydrogen (secondary N) is 2. The number of aliphatic imine (C=N–C) groups is 1. The van der Waals surface area contributed by atoms with Crippen LogP contribution < -0.4 is 16.4 Å². The minimum atomic E-state index is -4.90. The molecule has 0 aliphatic heterocycles. The number of guanidine groups is 1. The molecule has 0 unspecified atom stereocenters. The second kappa shape index (κ2) is 7.81. The van der Waals surface area contributed by atoms with Gasteiger partial charge in [-0.1, -0.05) is 12.8 Å². The van der Waals surface area contributed by atoms with Crippen molar-refractivity contribution < 1.29 is 26.3 Å². The van der Waals surface area contributed by atoms with E-state index in [0.717, 1.165) is 38.5 Å². The number of hydrogen-bond donors (Lipinski definition) is 3. The molecule has 0 amide bonds. The molecule has 3 rings (SSSR count). The lowest BCUT2D eigenvalue weighted by atomic mass is 9.91. The summed E-state index contributed by atoms with van der Waals surface area (Å²) in [5.74, 6) is 0.164. The van der Waals surface area contributed by atoms with Gasteiger partial charge in [0.25, 0.3) is 0 Å². The average molecular weight is 408 g/mol. The molecular formula is C18H22F6N4. The Balaban J connectivity index is 1.90. The predicted octanol–water partition coefficient (Wildman–Crippen LogP) is 4.51. The van der Waals surface area contributed by atoms with Gasteiger partial charge in [-0.15, -0.1) is 0 Å². The van der Waals surface area contributed by atoms with Crippen LogP contribution in [-0.2, 0) is 12.4 Å². The lowest BCUT2D eigenvalue weighted by Crippen LogP contribution is -2.40. The van der Waals surface area contributed by atoms with E-state index in [0.29, 0.717) is 12.1 Å². The molecular weight excluding hydrogens is 386 g/mol. The number of halogens is 6. The first-order chi connectivity index (χ1) is 13.0. The van der Waals surface area contributed by atoms with E-state index in [-0.39, 0.29) is 35.8 Å². The summed E-state index contributed by atoms with van der Waals surface area (Å²) in [6.07, 6.45) is -4.63. The van der Waals surface area contributed by atoms with Crippen LogP contribution in [0.25, 0.3) is 0 Å². The van der Waals surface area contributed by atoms with Crippen LogP contribution in [0, 0.1) is 0 Å². The summed E-state index contributed by atoms with van der Waals surface area (Å²) >= 11 is 0. The second-order valence-electron chi connectivity index (χ2n) is 7.33. The molecule has 0 aromatic heterocycles. The van der Waals surface area contributed by atoms with Crippen molar-refractivity contribution in [3.05, 3.63) is 29.3 Å². The van der Waals surface area contributed by atoms with Crippen LogP contribution in [0.1, 0.15) is 49.7 Å². The standard InChI is InChI=1S/C18H22F6N4/c19-17(20,21)10-7-11(18(22,23)24)9-13(8-10)27-16(26-12-5-6-12)28-15-4-2-1-3-14(15)25/h7-9,12,14-15H,1-6,25H2,(H2,26,27,28)/t14-,15-/m0/s1. The van der Waals surface area contributed by atoms with E-state index < -0.39 is 23.5 Å². The summed E-state index contributed by atoms with van der Waals surface area (Å²) in [6, 6.07) is 1.11. The number of rotatable bonds is 3. The first kappa shape index (κ1) is 20.8. The molecule has 2 saturated carbocycles. The molecule has 1 aromatic carbocycles. The van der Waals surface area contributed by atoms with Crippen molar-refractivity contribution in [1.82, 2.24) is 5.32 Å². The van der Waals surface area contributed by atoms with Gasteiger partial charge in [0.2, 0.25) is 0 Å². The number of benzene rings is 1. The third-order valence-electron chi connectivity index (χ3n) is 4.85. The van der Waals surface area contributed by atoms with Crippen molar-refractivity contribution in [3.8, 4) is 0 Å². The summed E-state index contributed by atoms with van der Waals surface area (Å²) < 4.78 is 78.4. The van der Waals surface area contributed by atoms with Gasteiger partial charge in [0.05, 0.1) is 17.2 Å². The topological polar surface area (TPSA) is 62.4 Å². The Hall–Kier alpha value is -1.97. The van der Waals surface area contributed by atoms with Gasteiger partial charge in [-0.3, -0.25) is 0 Å². The average Bonchev–Trinajstić information content (AvgIpc) is 3.39. The van der Waals surface area contributed by atoms with Crippen molar-refractivity contribution in [2.75, 3.05) is 5.32 Å². The Morgan fingerprint density at radius 3 is 1.96 bits per heavy atom. The predicted molar refractivity (Wildman–Crippen MR) is 93.9 cm³/mol. The van der Waals surface area contributed by atoms with E-state index in [1.165, 1.54) is 0 Å². The highest BCUT2D eigenvalue weighted by Crippen LogP contribution is 2.37. The molecule has 0 heterocycles. The number of alkyl halides is 6. The van der Waals surface area contributed by atoms with E-state index in [9.17, 15) is 26.3 Å². The van der Waals surface area contributed by atoms with Crippen LogP contribution in [0.5, 0.6) is 0 Å². The molecule has 0 spiro atoms. The van der Waals surface area contributed by atoms with E-state index in [2.05, 4.69) is 15.6 Å². The monoisotopic (exact) mass is 408 g/mol. The molecule has 10 heteroatoms. The first-order valence-corrected chi connectivity index (χ1v) is 9.19. The molecule has 156 valence electrons. The second-order valence-corrected chi connectivity index (χ2v) is 7.33. The van der Waals surface area contributed by atoms with Crippen molar-refractivity contribution in [2.45, 2.75) is 69.0 Å². The minimum Gasteiger partial charge on any atom is -0.353 e. The summed E-state index contributed by atoms with van der Waals surface area (Å²) in [4.78, 5) is 4.48. The summed E-state index contributed by atoms with van der Waals surface area (Å²) in [6.45, 7) is 0. The Bertz CT molecular complexity index is 692. The smallest absolute Gasteiger partial charge is 0.353 e. The Labute approximate surface area is 158 Å².